The second kappa shape index (κ2) is 16.0. The van der Waals surface area contributed by atoms with E-state index in [0.717, 1.165) is 20.4 Å². The van der Waals surface area contributed by atoms with Crippen molar-refractivity contribution >= 4 is 85.2 Å². The molecule has 0 saturated heterocycles. The zero-order valence-electron chi connectivity index (χ0n) is 15.0. The molecule has 0 saturated carbocycles. The highest BCUT2D eigenvalue weighted by Gasteiger charge is 2.19. The Morgan fingerprint density at radius 3 is 1.63 bits per heavy atom. The van der Waals surface area contributed by atoms with Gasteiger partial charge in [0.25, 0.3) is 0 Å². The molecular formula is C16H17I2NO6S2. The topological polar surface area (TPSA) is 111 Å². The Labute approximate surface area is 192 Å². The fourth-order valence-electron chi connectivity index (χ4n) is 1.93. The van der Waals surface area contributed by atoms with Crippen LogP contribution in [0.2, 0.25) is 0 Å². The van der Waals surface area contributed by atoms with E-state index >= 15 is 0 Å². The molecule has 0 unspecified atom stereocenters. The highest BCUT2D eigenvalue weighted by Crippen LogP contribution is 2.35. The Kier molecular flexibility index (Phi) is 16.7. The lowest BCUT2D eigenvalue weighted by molar-refractivity contribution is -0.380. The van der Waals surface area contributed by atoms with Gasteiger partial charge in [-0.2, -0.15) is 19.2 Å². The van der Waals surface area contributed by atoms with Gasteiger partial charge in [-0.3, -0.25) is 10.1 Å². The van der Waals surface area contributed by atoms with Crippen LogP contribution in [0.1, 0.15) is 36.1 Å². The predicted octanol–water partition coefficient (Wildman–Crippen LogP) is 5.19. The third-order valence-electron chi connectivity index (χ3n) is 3.12. The molecule has 0 fully saturated rings. The van der Waals surface area contributed by atoms with Gasteiger partial charge >= 0.3 is 17.3 Å². The van der Waals surface area contributed by atoms with Crippen LogP contribution < -0.4 is 0 Å². The van der Waals surface area contributed by atoms with E-state index in [1.807, 2.05) is 25.2 Å². The summed E-state index contributed by atoms with van der Waals surface area (Å²) in [7, 11) is 0. The molecule has 0 aliphatic rings. The van der Waals surface area contributed by atoms with Crippen molar-refractivity contribution < 1.29 is 24.1 Å². The number of aryl methyl sites for hydroxylation is 1. The second-order valence-electron chi connectivity index (χ2n) is 4.59. The number of carbonyl (C=O) groups excluding carboxylic acids is 4. The van der Waals surface area contributed by atoms with Crippen LogP contribution in [0.4, 0.5) is 5.00 Å². The summed E-state index contributed by atoms with van der Waals surface area (Å²) in [5.74, 6) is 0. The van der Waals surface area contributed by atoms with E-state index < -0.39 is 0 Å². The molecule has 0 bridgehead atoms. The van der Waals surface area contributed by atoms with E-state index in [2.05, 4.69) is 64.4 Å². The zero-order valence-corrected chi connectivity index (χ0v) is 20.9. The summed E-state index contributed by atoms with van der Waals surface area (Å²) in [5, 5.41) is 13.0. The van der Waals surface area contributed by atoms with Crippen molar-refractivity contribution in [3.8, 4) is 0 Å². The average Bonchev–Trinajstić information content (AvgIpc) is 3.07. The van der Waals surface area contributed by atoms with E-state index in [0.29, 0.717) is 0 Å². The van der Waals surface area contributed by atoms with Gasteiger partial charge < -0.3 is 0 Å². The lowest BCUT2D eigenvalue weighted by Crippen LogP contribution is -1.88. The first kappa shape index (κ1) is 28.2. The number of hydrogen-bond donors (Lipinski definition) is 0. The predicted molar refractivity (Wildman–Crippen MR) is 119 cm³/mol. The van der Waals surface area contributed by atoms with Crippen LogP contribution in [0, 0.1) is 29.7 Å². The summed E-state index contributed by atoms with van der Waals surface area (Å²) in [4.78, 5) is 42.7. The Balaban J connectivity index is 0. The number of hydrogen-bond acceptors (Lipinski definition) is 8. The van der Waals surface area contributed by atoms with Gasteiger partial charge in [0.2, 0.25) is 0 Å². The van der Waals surface area contributed by atoms with E-state index in [9.17, 15) is 10.1 Å². The molecule has 2 aromatic rings. The minimum Gasteiger partial charge on any atom is -0.258 e. The molecule has 2 heterocycles. The summed E-state index contributed by atoms with van der Waals surface area (Å²) in [6.45, 7) is 8.21. The molecule has 2 rings (SSSR count). The van der Waals surface area contributed by atoms with Crippen molar-refractivity contribution in [2.24, 2.45) is 0 Å². The van der Waals surface area contributed by atoms with Crippen LogP contribution in [0.25, 0.3) is 0 Å². The molecule has 0 aliphatic heterocycles. The largest absolute Gasteiger partial charge is 0.373 e. The summed E-state index contributed by atoms with van der Waals surface area (Å²) in [6, 6.07) is 0. The maximum atomic E-state index is 10.5. The van der Waals surface area contributed by atoms with E-state index in [-0.39, 0.29) is 22.2 Å². The number of halogens is 2. The van der Waals surface area contributed by atoms with Crippen molar-refractivity contribution in [1.29, 1.82) is 0 Å². The highest BCUT2D eigenvalue weighted by atomic mass is 127. The molecule has 0 radical (unpaired) electrons. The Morgan fingerprint density at radius 1 is 1.00 bits per heavy atom. The average molecular weight is 637 g/mol. The standard InChI is InChI=1S/C7H8INO2S.C7H9IS.2CO2/c1-3-5-4(2)7(9(10)11)12-6(5)8;1-3-6-5(2)4-9-7(6)8;2*2-1-3/h3H2,1-2H3;4H,3H2,1-2H3;;. The van der Waals surface area contributed by atoms with Gasteiger partial charge in [0.05, 0.1) is 10.7 Å². The van der Waals surface area contributed by atoms with Crippen LogP contribution in [-0.4, -0.2) is 17.2 Å². The maximum Gasteiger partial charge on any atom is 0.373 e. The van der Waals surface area contributed by atoms with Crippen molar-refractivity contribution in [3.63, 3.8) is 0 Å². The highest BCUT2D eigenvalue weighted by molar-refractivity contribution is 14.1. The molecule has 0 aromatic carbocycles. The van der Waals surface area contributed by atoms with Crippen LogP contribution in [-0.2, 0) is 32.0 Å². The first-order valence-corrected chi connectivity index (χ1v) is 11.1. The van der Waals surface area contributed by atoms with Gasteiger partial charge in [-0.15, -0.1) is 11.3 Å². The zero-order chi connectivity index (χ0) is 21.6. The molecule has 0 aliphatic carbocycles. The molecule has 0 N–H and O–H groups in total. The Morgan fingerprint density at radius 2 is 1.44 bits per heavy atom. The third-order valence-corrected chi connectivity index (χ3v) is 7.85. The normalized spacial score (nSPS) is 8.52. The van der Waals surface area contributed by atoms with Crippen molar-refractivity contribution in [2.75, 3.05) is 0 Å². The summed E-state index contributed by atoms with van der Waals surface area (Å²) in [5.41, 5.74) is 4.93. The number of nitro groups is 1. The van der Waals surface area contributed by atoms with Crippen molar-refractivity contribution in [1.82, 2.24) is 0 Å². The Bertz CT molecular complexity index is 773. The van der Waals surface area contributed by atoms with Crippen molar-refractivity contribution in [2.45, 2.75) is 40.5 Å². The summed E-state index contributed by atoms with van der Waals surface area (Å²) >= 11 is 7.66. The fourth-order valence-corrected chi connectivity index (χ4v) is 6.34. The van der Waals surface area contributed by atoms with E-state index in [4.69, 9.17) is 19.2 Å². The first-order chi connectivity index (χ1) is 12.7. The summed E-state index contributed by atoms with van der Waals surface area (Å²) in [6.07, 6.45) is 2.54. The smallest absolute Gasteiger partial charge is 0.258 e. The molecule has 0 spiro atoms. The first-order valence-electron chi connectivity index (χ1n) is 7.29. The minimum absolute atomic E-state index is 0.250. The van der Waals surface area contributed by atoms with Gasteiger partial charge in [-0.1, -0.05) is 25.2 Å². The molecular weight excluding hydrogens is 620 g/mol. The quantitative estimate of drug-likeness (QED) is 0.261. The molecule has 0 atom stereocenters. The van der Waals surface area contributed by atoms with Crippen LogP contribution in [0.15, 0.2) is 5.38 Å². The third kappa shape index (κ3) is 10.2. The molecule has 11 heteroatoms. The molecule has 2 aromatic heterocycles. The second-order valence-corrected chi connectivity index (χ2v) is 10.1. The van der Waals surface area contributed by atoms with Crippen LogP contribution in [0.3, 0.4) is 0 Å². The van der Waals surface area contributed by atoms with Gasteiger partial charge in [0.15, 0.2) is 0 Å². The van der Waals surface area contributed by atoms with Crippen LogP contribution >= 0.6 is 67.9 Å². The Hall–Kier alpha value is -0.980. The number of rotatable bonds is 3. The molecule has 7 nitrogen and oxygen atoms in total. The maximum absolute atomic E-state index is 10.5. The van der Waals surface area contributed by atoms with Gasteiger partial charge in [-0.05, 0) is 93.9 Å². The fraction of sp³-hybridized carbons (Fsp3) is 0.375. The molecule has 0 amide bonds. The van der Waals surface area contributed by atoms with Crippen LogP contribution in [0.5, 0.6) is 0 Å². The number of nitrogens with zero attached hydrogens (tertiary/aromatic N) is 1. The minimum atomic E-state index is -0.304. The van der Waals surface area contributed by atoms with Crippen molar-refractivity contribution in [3.05, 3.63) is 43.5 Å². The van der Waals surface area contributed by atoms with Gasteiger partial charge in [-0.25, -0.2) is 0 Å². The lowest BCUT2D eigenvalue weighted by Gasteiger charge is -1.92. The number of thiophene rings is 2. The SMILES string of the molecule is CCc1c(C)csc1I.CCc1c(I)sc([N+](=O)[O-])c1C.O=C=O.O=C=O. The molecule has 148 valence electrons. The summed E-state index contributed by atoms with van der Waals surface area (Å²) < 4.78 is 2.49. The molecule has 27 heavy (non-hydrogen) atoms. The van der Waals surface area contributed by atoms with Gasteiger partial charge in [0, 0.05) is 5.56 Å². The van der Waals surface area contributed by atoms with Gasteiger partial charge in [0.1, 0.15) is 0 Å². The monoisotopic (exact) mass is 637 g/mol. The van der Waals surface area contributed by atoms with E-state index in [1.165, 1.54) is 31.8 Å². The van der Waals surface area contributed by atoms with E-state index in [1.54, 1.807) is 0 Å². The lowest BCUT2D eigenvalue weighted by atomic mass is 10.2.